The van der Waals surface area contributed by atoms with Gasteiger partial charge in [0, 0.05) is 42.0 Å². The molecule has 0 aliphatic heterocycles. The van der Waals surface area contributed by atoms with E-state index in [1.165, 1.54) is 18.2 Å². The van der Waals surface area contributed by atoms with E-state index in [2.05, 4.69) is 10.6 Å². The number of rotatable bonds is 7. The molecule has 1 unspecified atom stereocenters. The van der Waals surface area contributed by atoms with Crippen molar-refractivity contribution in [3.05, 3.63) is 33.9 Å². The third-order valence-electron chi connectivity index (χ3n) is 2.51. The number of para-hydroxylation sites is 1. The summed E-state index contributed by atoms with van der Waals surface area (Å²) in [5.41, 5.74) is 0.275. The summed E-state index contributed by atoms with van der Waals surface area (Å²) in [7, 11) is -0.997. The Hall–Kier alpha value is -1.96. The zero-order chi connectivity index (χ0) is 15.1. The first-order valence-electron chi connectivity index (χ1n) is 6.06. The van der Waals surface area contributed by atoms with Crippen LogP contribution in [0.25, 0.3) is 0 Å². The molecule has 7 nitrogen and oxygen atoms in total. The molecule has 20 heavy (non-hydrogen) atoms. The lowest BCUT2D eigenvalue weighted by atomic mass is 10.1. The molecule has 0 aliphatic rings. The van der Waals surface area contributed by atoms with E-state index in [0.29, 0.717) is 12.3 Å². The molecular weight excluding hydrogens is 282 g/mol. The summed E-state index contributed by atoms with van der Waals surface area (Å²) in [6.45, 7) is 2.51. The second kappa shape index (κ2) is 7.59. The Labute approximate surface area is 119 Å². The first kappa shape index (κ1) is 16.1. The van der Waals surface area contributed by atoms with Gasteiger partial charge in [-0.2, -0.15) is 0 Å². The van der Waals surface area contributed by atoms with E-state index in [-0.39, 0.29) is 23.5 Å². The van der Waals surface area contributed by atoms with Gasteiger partial charge in [-0.25, -0.2) is 0 Å². The molecule has 0 fully saturated rings. The van der Waals surface area contributed by atoms with Crippen LogP contribution in [0.5, 0.6) is 0 Å². The van der Waals surface area contributed by atoms with Crippen LogP contribution in [-0.4, -0.2) is 40.1 Å². The molecule has 1 aromatic rings. The highest BCUT2D eigenvalue weighted by molar-refractivity contribution is 7.84. The number of hydrogen-bond acceptors (Lipinski definition) is 5. The third kappa shape index (κ3) is 4.30. The van der Waals surface area contributed by atoms with Gasteiger partial charge >= 0.3 is 0 Å². The molecule has 1 amide bonds. The van der Waals surface area contributed by atoms with Crippen LogP contribution in [-0.2, 0) is 10.8 Å². The Morgan fingerprint density at radius 2 is 2.15 bits per heavy atom. The van der Waals surface area contributed by atoms with Crippen LogP contribution in [0.2, 0.25) is 0 Å². The maximum Gasteiger partial charge on any atom is 0.293 e. The number of carbonyl (C=O) groups is 1. The van der Waals surface area contributed by atoms with E-state index < -0.39 is 21.6 Å². The maximum absolute atomic E-state index is 12.0. The number of hydrogen-bond donors (Lipinski definition) is 2. The third-order valence-corrected chi connectivity index (χ3v) is 3.29. The van der Waals surface area contributed by atoms with E-state index in [4.69, 9.17) is 0 Å². The van der Waals surface area contributed by atoms with E-state index in [1.54, 1.807) is 13.2 Å². The minimum Gasteiger partial charge on any atom is -0.379 e. The SMILES string of the molecule is CCNc1c(C(=O)NCCS(C)=O)cccc1[N+](=O)[O-]. The molecule has 0 aliphatic carbocycles. The van der Waals surface area contributed by atoms with Crippen molar-refractivity contribution in [2.45, 2.75) is 6.92 Å². The highest BCUT2D eigenvalue weighted by atomic mass is 32.2. The first-order valence-corrected chi connectivity index (χ1v) is 7.79. The Kier molecular flexibility index (Phi) is 6.10. The lowest BCUT2D eigenvalue weighted by Gasteiger charge is -2.11. The van der Waals surface area contributed by atoms with Crippen LogP contribution in [0, 0.1) is 10.1 Å². The zero-order valence-electron chi connectivity index (χ0n) is 11.3. The summed E-state index contributed by atoms with van der Waals surface area (Å²) < 4.78 is 10.9. The van der Waals surface area contributed by atoms with Gasteiger partial charge in [-0.1, -0.05) is 6.07 Å². The monoisotopic (exact) mass is 299 g/mol. The number of nitro benzene ring substituents is 1. The predicted octanol–water partition coefficient (Wildman–Crippen LogP) is 1.13. The summed E-state index contributed by atoms with van der Waals surface area (Å²) in [5.74, 6) is -0.0768. The van der Waals surface area contributed by atoms with Crippen molar-refractivity contribution in [2.75, 3.05) is 30.4 Å². The second-order valence-electron chi connectivity index (χ2n) is 4.02. The summed E-state index contributed by atoms with van der Waals surface area (Å²) >= 11 is 0. The number of nitro groups is 1. The Morgan fingerprint density at radius 1 is 1.45 bits per heavy atom. The summed E-state index contributed by atoms with van der Waals surface area (Å²) in [6.07, 6.45) is 1.55. The van der Waals surface area contributed by atoms with Crippen LogP contribution in [0.3, 0.4) is 0 Å². The van der Waals surface area contributed by atoms with Gasteiger partial charge in [-0.15, -0.1) is 0 Å². The largest absolute Gasteiger partial charge is 0.379 e. The highest BCUT2D eigenvalue weighted by Crippen LogP contribution is 2.28. The van der Waals surface area contributed by atoms with Gasteiger partial charge in [-0.3, -0.25) is 19.1 Å². The van der Waals surface area contributed by atoms with Crippen LogP contribution < -0.4 is 10.6 Å². The molecule has 1 rings (SSSR count). The van der Waals surface area contributed by atoms with Crippen LogP contribution in [0.15, 0.2) is 18.2 Å². The molecule has 2 N–H and O–H groups in total. The minimum atomic E-state index is -0.997. The van der Waals surface area contributed by atoms with E-state index in [0.717, 1.165) is 0 Å². The van der Waals surface area contributed by atoms with Gasteiger partial charge in [0.15, 0.2) is 0 Å². The fourth-order valence-electron chi connectivity index (χ4n) is 1.65. The standard InChI is InChI=1S/C12H17N3O4S/c1-3-13-11-9(5-4-6-10(11)15(17)18)12(16)14-7-8-20(2)19/h4-6,13H,3,7-8H2,1-2H3,(H,14,16). The van der Waals surface area contributed by atoms with Crippen molar-refractivity contribution >= 4 is 28.1 Å². The van der Waals surface area contributed by atoms with Crippen molar-refractivity contribution in [2.24, 2.45) is 0 Å². The molecule has 0 radical (unpaired) electrons. The van der Waals surface area contributed by atoms with Crippen LogP contribution >= 0.6 is 0 Å². The van der Waals surface area contributed by atoms with E-state index in [9.17, 15) is 19.1 Å². The molecule has 0 aromatic heterocycles. The molecule has 0 spiro atoms. The smallest absolute Gasteiger partial charge is 0.293 e. The fourth-order valence-corrected chi connectivity index (χ4v) is 2.04. The highest BCUT2D eigenvalue weighted by Gasteiger charge is 2.20. The number of amides is 1. The number of anilines is 1. The summed E-state index contributed by atoms with van der Waals surface area (Å²) in [4.78, 5) is 22.5. The average Bonchev–Trinajstić information content (AvgIpc) is 2.38. The molecule has 8 heteroatoms. The molecule has 0 bridgehead atoms. The molecule has 0 heterocycles. The summed E-state index contributed by atoms with van der Waals surface area (Å²) in [5, 5.41) is 16.4. The summed E-state index contributed by atoms with van der Waals surface area (Å²) in [6, 6.07) is 4.32. The van der Waals surface area contributed by atoms with Crippen molar-refractivity contribution in [1.82, 2.24) is 5.32 Å². The van der Waals surface area contributed by atoms with Crippen molar-refractivity contribution < 1.29 is 13.9 Å². The number of benzene rings is 1. The van der Waals surface area contributed by atoms with Gasteiger partial charge in [-0.05, 0) is 13.0 Å². The number of nitrogens with zero attached hydrogens (tertiary/aromatic N) is 1. The molecular formula is C12H17N3O4S. The number of carbonyl (C=O) groups excluding carboxylic acids is 1. The zero-order valence-corrected chi connectivity index (χ0v) is 12.2. The van der Waals surface area contributed by atoms with Gasteiger partial charge in [0.05, 0.1) is 10.5 Å². The minimum absolute atomic E-state index is 0.140. The Morgan fingerprint density at radius 3 is 2.70 bits per heavy atom. The molecule has 110 valence electrons. The lowest BCUT2D eigenvalue weighted by Crippen LogP contribution is -2.28. The average molecular weight is 299 g/mol. The second-order valence-corrected chi connectivity index (χ2v) is 5.57. The maximum atomic E-state index is 12.0. The molecule has 1 atom stereocenters. The topological polar surface area (TPSA) is 101 Å². The van der Waals surface area contributed by atoms with Crippen LogP contribution in [0.4, 0.5) is 11.4 Å². The first-order chi connectivity index (χ1) is 9.47. The van der Waals surface area contributed by atoms with E-state index in [1.807, 2.05) is 0 Å². The quantitative estimate of drug-likeness (QED) is 0.580. The van der Waals surface area contributed by atoms with Gasteiger partial charge in [0.1, 0.15) is 5.69 Å². The normalized spacial score (nSPS) is 11.7. The van der Waals surface area contributed by atoms with E-state index >= 15 is 0 Å². The molecule has 1 aromatic carbocycles. The Bertz CT molecular complexity index is 533. The van der Waals surface area contributed by atoms with Crippen LogP contribution in [0.1, 0.15) is 17.3 Å². The number of nitrogens with one attached hydrogen (secondary N) is 2. The van der Waals surface area contributed by atoms with Gasteiger partial charge < -0.3 is 10.6 Å². The van der Waals surface area contributed by atoms with Crippen molar-refractivity contribution in [3.63, 3.8) is 0 Å². The lowest BCUT2D eigenvalue weighted by molar-refractivity contribution is -0.384. The molecule has 0 saturated heterocycles. The molecule has 0 saturated carbocycles. The fraction of sp³-hybridized carbons (Fsp3) is 0.417. The van der Waals surface area contributed by atoms with Gasteiger partial charge in [0.25, 0.3) is 11.6 Å². The van der Waals surface area contributed by atoms with Crippen molar-refractivity contribution in [1.29, 1.82) is 0 Å². The predicted molar refractivity (Wildman–Crippen MR) is 78.5 cm³/mol. The van der Waals surface area contributed by atoms with Gasteiger partial charge in [0.2, 0.25) is 0 Å². The van der Waals surface area contributed by atoms with Crippen molar-refractivity contribution in [3.8, 4) is 0 Å². The Balaban J connectivity index is 2.98.